The number of nitrogens with zero attached hydrogens (tertiary/aromatic N) is 4. The van der Waals surface area contributed by atoms with Crippen LogP contribution in [0, 0.1) is 0 Å². The summed E-state index contributed by atoms with van der Waals surface area (Å²) in [6.45, 7) is 6.36. The van der Waals surface area contributed by atoms with Crippen molar-refractivity contribution >= 4 is 11.8 Å². The van der Waals surface area contributed by atoms with Crippen LogP contribution in [0.3, 0.4) is 0 Å². The molecule has 6 nitrogen and oxygen atoms in total. The fourth-order valence-electron chi connectivity index (χ4n) is 2.73. The van der Waals surface area contributed by atoms with Gasteiger partial charge in [-0.15, -0.1) is 0 Å². The van der Waals surface area contributed by atoms with Gasteiger partial charge in [-0.3, -0.25) is 4.90 Å². The largest absolute Gasteiger partial charge is 0.379 e. The van der Waals surface area contributed by atoms with Crippen molar-refractivity contribution in [2.75, 3.05) is 56.7 Å². The zero-order valence-corrected chi connectivity index (χ0v) is 14.2. The number of morpholine rings is 1. The Labute approximate surface area is 143 Å². The molecule has 1 aliphatic rings. The third kappa shape index (κ3) is 4.91. The second-order valence-corrected chi connectivity index (χ2v) is 5.96. The van der Waals surface area contributed by atoms with Gasteiger partial charge >= 0.3 is 0 Å². The maximum atomic E-state index is 5.37. The van der Waals surface area contributed by atoms with Crippen LogP contribution in [0.5, 0.6) is 0 Å². The van der Waals surface area contributed by atoms with Gasteiger partial charge in [-0.25, -0.2) is 4.98 Å². The predicted octanol–water partition coefficient (Wildman–Crippen LogP) is 1.86. The van der Waals surface area contributed by atoms with Crippen molar-refractivity contribution in [1.29, 1.82) is 0 Å². The maximum absolute atomic E-state index is 5.37. The monoisotopic (exact) mass is 327 g/mol. The van der Waals surface area contributed by atoms with E-state index in [-0.39, 0.29) is 0 Å². The van der Waals surface area contributed by atoms with E-state index in [0.29, 0.717) is 0 Å². The van der Waals surface area contributed by atoms with Crippen LogP contribution in [0.4, 0.5) is 11.8 Å². The molecular weight excluding hydrogens is 302 g/mol. The molecule has 6 heteroatoms. The standard InChI is InChI=1S/C18H25N5O/c1-22(15-16-5-3-2-4-6-16)18-20-8-7-17(21-18)19-9-10-23-11-13-24-14-12-23/h2-8H,9-15H2,1H3,(H,19,20,21). The van der Waals surface area contributed by atoms with Gasteiger partial charge in [0.1, 0.15) is 5.82 Å². The van der Waals surface area contributed by atoms with Gasteiger partial charge in [-0.2, -0.15) is 4.98 Å². The number of rotatable bonds is 7. The maximum Gasteiger partial charge on any atom is 0.227 e. The molecule has 24 heavy (non-hydrogen) atoms. The molecule has 0 saturated carbocycles. The van der Waals surface area contributed by atoms with Gasteiger partial charge in [-0.05, 0) is 11.6 Å². The summed E-state index contributed by atoms with van der Waals surface area (Å²) >= 11 is 0. The van der Waals surface area contributed by atoms with Crippen molar-refractivity contribution in [1.82, 2.24) is 14.9 Å². The summed E-state index contributed by atoms with van der Waals surface area (Å²) in [5.74, 6) is 1.60. The van der Waals surface area contributed by atoms with Crippen molar-refractivity contribution in [3.63, 3.8) is 0 Å². The van der Waals surface area contributed by atoms with E-state index in [4.69, 9.17) is 4.74 Å². The Morgan fingerprint density at radius 3 is 2.75 bits per heavy atom. The van der Waals surface area contributed by atoms with E-state index in [9.17, 15) is 0 Å². The minimum Gasteiger partial charge on any atom is -0.379 e. The van der Waals surface area contributed by atoms with E-state index < -0.39 is 0 Å². The first-order valence-electron chi connectivity index (χ1n) is 8.43. The molecule has 1 aliphatic heterocycles. The summed E-state index contributed by atoms with van der Waals surface area (Å²) in [6, 6.07) is 12.3. The van der Waals surface area contributed by atoms with Gasteiger partial charge < -0.3 is 15.0 Å². The highest BCUT2D eigenvalue weighted by atomic mass is 16.5. The number of aromatic nitrogens is 2. The third-order valence-electron chi connectivity index (χ3n) is 4.08. The zero-order chi connectivity index (χ0) is 16.6. The fraction of sp³-hybridized carbons (Fsp3) is 0.444. The number of benzene rings is 1. The molecule has 0 bridgehead atoms. The van der Waals surface area contributed by atoms with Crippen LogP contribution in [0.15, 0.2) is 42.6 Å². The first kappa shape index (κ1) is 16.7. The van der Waals surface area contributed by atoms with E-state index in [0.717, 1.165) is 57.7 Å². The van der Waals surface area contributed by atoms with Gasteiger partial charge in [0, 0.05) is 46.0 Å². The summed E-state index contributed by atoms with van der Waals surface area (Å²) in [5.41, 5.74) is 1.24. The lowest BCUT2D eigenvalue weighted by Gasteiger charge is -2.26. The topological polar surface area (TPSA) is 53.5 Å². The molecule has 0 atom stereocenters. The highest BCUT2D eigenvalue weighted by Gasteiger charge is 2.10. The van der Waals surface area contributed by atoms with Crippen molar-refractivity contribution in [2.24, 2.45) is 0 Å². The summed E-state index contributed by atoms with van der Waals surface area (Å²) < 4.78 is 5.37. The number of hydrogen-bond donors (Lipinski definition) is 1. The van der Waals surface area contributed by atoms with Gasteiger partial charge in [-0.1, -0.05) is 30.3 Å². The average Bonchev–Trinajstić information content (AvgIpc) is 2.64. The Bertz CT molecular complexity index is 616. The first-order valence-corrected chi connectivity index (χ1v) is 8.43. The fourth-order valence-corrected chi connectivity index (χ4v) is 2.73. The van der Waals surface area contributed by atoms with Crippen LogP contribution in [0.1, 0.15) is 5.56 Å². The van der Waals surface area contributed by atoms with E-state index in [1.54, 1.807) is 6.20 Å². The Morgan fingerprint density at radius 2 is 1.96 bits per heavy atom. The van der Waals surface area contributed by atoms with E-state index >= 15 is 0 Å². The van der Waals surface area contributed by atoms with Crippen LogP contribution in [0.25, 0.3) is 0 Å². The van der Waals surface area contributed by atoms with Gasteiger partial charge in [0.05, 0.1) is 13.2 Å². The van der Waals surface area contributed by atoms with E-state index in [1.165, 1.54) is 5.56 Å². The molecule has 0 aliphatic carbocycles. The van der Waals surface area contributed by atoms with Gasteiger partial charge in [0.25, 0.3) is 0 Å². The molecular formula is C18H25N5O. The van der Waals surface area contributed by atoms with Crippen LogP contribution >= 0.6 is 0 Å². The summed E-state index contributed by atoms with van der Waals surface area (Å²) in [6.07, 6.45) is 1.81. The molecule has 0 unspecified atom stereocenters. The smallest absolute Gasteiger partial charge is 0.227 e. The van der Waals surface area contributed by atoms with Gasteiger partial charge in [0.15, 0.2) is 0 Å². The van der Waals surface area contributed by atoms with Crippen molar-refractivity contribution in [2.45, 2.75) is 6.54 Å². The highest BCUT2D eigenvalue weighted by Crippen LogP contribution is 2.12. The molecule has 0 spiro atoms. The molecule has 3 rings (SSSR count). The van der Waals surface area contributed by atoms with Gasteiger partial charge in [0.2, 0.25) is 5.95 Å². The highest BCUT2D eigenvalue weighted by molar-refractivity contribution is 5.41. The molecule has 1 aromatic carbocycles. The van der Waals surface area contributed by atoms with Crippen LogP contribution < -0.4 is 10.2 Å². The molecule has 128 valence electrons. The number of nitrogens with one attached hydrogen (secondary N) is 1. The lowest BCUT2D eigenvalue weighted by Crippen LogP contribution is -2.39. The lowest BCUT2D eigenvalue weighted by molar-refractivity contribution is 0.0398. The number of ether oxygens (including phenoxy) is 1. The molecule has 1 fully saturated rings. The lowest BCUT2D eigenvalue weighted by atomic mass is 10.2. The minimum atomic E-state index is 0.732. The molecule has 2 aromatic rings. The van der Waals surface area contributed by atoms with E-state index in [1.807, 2.05) is 31.3 Å². The quantitative estimate of drug-likeness (QED) is 0.838. The Balaban J connectivity index is 1.51. The first-order chi connectivity index (χ1) is 11.8. The Kier molecular flexibility index (Phi) is 5.98. The number of anilines is 2. The Hall–Kier alpha value is -2.18. The van der Waals surface area contributed by atoms with Crippen LogP contribution in [0.2, 0.25) is 0 Å². The SMILES string of the molecule is CN(Cc1ccccc1)c1nccc(NCCN2CCOCC2)n1. The summed E-state index contributed by atoms with van der Waals surface area (Å²) in [5, 5.41) is 3.39. The second-order valence-electron chi connectivity index (χ2n) is 5.96. The molecule has 1 aromatic heterocycles. The molecule has 0 radical (unpaired) electrons. The molecule has 1 N–H and O–H groups in total. The Morgan fingerprint density at radius 1 is 1.17 bits per heavy atom. The summed E-state index contributed by atoms with van der Waals surface area (Å²) in [4.78, 5) is 13.5. The third-order valence-corrected chi connectivity index (χ3v) is 4.08. The minimum absolute atomic E-state index is 0.732. The zero-order valence-electron chi connectivity index (χ0n) is 14.2. The second kappa shape index (κ2) is 8.61. The normalized spacial score (nSPS) is 15.2. The molecule has 0 amide bonds. The average molecular weight is 327 g/mol. The predicted molar refractivity (Wildman–Crippen MR) is 96.3 cm³/mol. The van der Waals surface area contributed by atoms with E-state index in [2.05, 4.69) is 37.2 Å². The summed E-state index contributed by atoms with van der Waals surface area (Å²) in [7, 11) is 2.01. The van der Waals surface area contributed by atoms with Crippen molar-refractivity contribution in [3.8, 4) is 0 Å². The van der Waals surface area contributed by atoms with Crippen molar-refractivity contribution in [3.05, 3.63) is 48.2 Å². The molecule has 2 heterocycles. The number of hydrogen-bond acceptors (Lipinski definition) is 6. The molecule has 1 saturated heterocycles. The van der Waals surface area contributed by atoms with Crippen molar-refractivity contribution < 1.29 is 4.74 Å². The van der Waals surface area contributed by atoms with Crippen LogP contribution in [-0.4, -0.2) is 61.3 Å². The van der Waals surface area contributed by atoms with Crippen LogP contribution in [-0.2, 0) is 11.3 Å².